The number of rotatable bonds is 5. The number of carbonyl (C=O) groups is 1. The molecule has 1 rings (SSSR count). The standard InChI is InChI=1S/C13H18N2OS/c1-3-15(2)13(16)11(12(14)17)9-10-7-5-4-6-8-10/h4-8,11H,3,9H2,1-2H3,(H2,14,17). The Morgan fingerprint density at radius 1 is 1.41 bits per heavy atom. The first kappa shape index (κ1) is 13.6. The number of nitrogens with two attached hydrogens (primary N) is 1. The van der Waals surface area contributed by atoms with Gasteiger partial charge in [0, 0.05) is 13.6 Å². The van der Waals surface area contributed by atoms with Gasteiger partial charge < -0.3 is 10.6 Å². The first-order chi connectivity index (χ1) is 8.06. The van der Waals surface area contributed by atoms with E-state index in [2.05, 4.69) is 0 Å². The third-order valence-electron chi connectivity index (χ3n) is 2.77. The number of hydrogen-bond acceptors (Lipinski definition) is 2. The topological polar surface area (TPSA) is 46.3 Å². The second kappa shape index (κ2) is 6.35. The van der Waals surface area contributed by atoms with Gasteiger partial charge in [0.2, 0.25) is 5.91 Å². The fraction of sp³-hybridized carbons (Fsp3) is 0.385. The molecule has 2 N–H and O–H groups in total. The molecule has 0 spiro atoms. The fourth-order valence-electron chi connectivity index (χ4n) is 1.58. The van der Waals surface area contributed by atoms with Gasteiger partial charge in [-0.2, -0.15) is 0 Å². The molecule has 0 aliphatic rings. The van der Waals surface area contributed by atoms with Gasteiger partial charge in [-0.3, -0.25) is 4.79 Å². The van der Waals surface area contributed by atoms with Crippen LogP contribution < -0.4 is 5.73 Å². The zero-order valence-corrected chi connectivity index (χ0v) is 11.0. The molecule has 1 aromatic carbocycles. The van der Waals surface area contributed by atoms with Gasteiger partial charge in [-0.1, -0.05) is 42.5 Å². The van der Waals surface area contributed by atoms with Crippen molar-refractivity contribution in [1.82, 2.24) is 4.90 Å². The zero-order valence-electron chi connectivity index (χ0n) is 10.2. The molecule has 1 unspecified atom stereocenters. The Balaban J connectivity index is 2.81. The Labute approximate surface area is 108 Å². The zero-order chi connectivity index (χ0) is 12.8. The Morgan fingerprint density at radius 3 is 2.47 bits per heavy atom. The highest BCUT2D eigenvalue weighted by Crippen LogP contribution is 2.12. The van der Waals surface area contributed by atoms with E-state index in [1.165, 1.54) is 0 Å². The van der Waals surface area contributed by atoms with E-state index in [1.807, 2.05) is 37.3 Å². The molecule has 0 saturated carbocycles. The maximum atomic E-state index is 12.1. The van der Waals surface area contributed by atoms with Crippen molar-refractivity contribution < 1.29 is 4.79 Å². The predicted octanol–water partition coefficient (Wildman–Crippen LogP) is 1.61. The van der Waals surface area contributed by atoms with Crippen LogP contribution in [-0.2, 0) is 11.2 Å². The van der Waals surface area contributed by atoms with Crippen LogP contribution in [0.1, 0.15) is 12.5 Å². The number of amides is 1. The Bertz CT molecular complexity index is 392. The van der Waals surface area contributed by atoms with Gasteiger partial charge in [0.25, 0.3) is 0 Å². The molecule has 0 aliphatic heterocycles. The predicted molar refractivity (Wildman–Crippen MR) is 73.7 cm³/mol. The van der Waals surface area contributed by atoms with Crippen LogP contribution in [0.3, 0.4) is 0 Å². The minimum absolute atomic E-state index is 0.0103. The smallest absolute Gasteiger partial charge is 0.232 e. The summed E-state index contributed by atoms with van der Waals surface area (Å²) in [7, 11) is 1.76. The maximum Gasteiger partial charge on any atom is 0.232 e. The molecule has 0 heterocycles. The van der Waals surface area contributed by atoms with Crippen LogP contribution in [0.15, 0.2) is 30.3 Å². The molecule has 0 aliphatic carbocycles. The van der Waals surface area contributed by atoms with Crippen molar-refractivity contribution >= 4 is 23.1 Å². The van der Waals surface area contributed by atoms with Gasteiger partial charge >= 0.3 is 0 Å². The molecule has 0 radical (unpaired) electrons. The van der Waals surface area contributed by atoms with Crippen molar-refractivity contribution in [2.75, 3.05) is 13.6 Å². The summed E-state index contributed by atoms with van der Waals surface area (Å²) >= 11 is 4.99. The van der Waals surface area contributed by atoms with Crippen molar-refractivity contribution in [3.63, 3.8) is 0 Å². The van der Waals surface area contributed by atoms with Crippen molar-refractivity contribution in [1.29, 1.82) is 0 Å². The third kappa shape index (κ3) is 3.82. The van der Waals surface area contributed by atoms with Crippen LogP contribution in [0.5, 0.6) is 0 Å². The lowest BCUT2D eigenvalue weighted by Gasteiger charge is -2.21. The second-order valence-corrected chi connectivity index (χ2v) is 4.47. The van der Waals surface area contributed by atoms with Crippen molar-refractivity contribution in [3.05, 3.63) is 35.9 Å². The highest BCUT2D eigenvalue weighted by Gasteiger charge is 2.24. The second-order valence-electron chi connectivity index (χ2n) is 4.00. The number of benzene rings is 1. The van der Waals surface area contributed by atoms with E-state index in [1.54, 1.807) is 11.9 Å². The first-order valence-electron chi connectivity index (χ1n) is 5.64. The van der Waals surface area contributed by atoms with E-state index in [4.69, 9.17) is 18.0 Å². The van der Waals surface area contributed by atoms with Gasteiger partial charge in [-0.05, 0) is 18.9 Å². The van der Waals surface area contributed by atoms with Crippen LogP contribution in [0.4, 0.5) is 0 Å². The minimum Gasteiger partial charge on any atom is -0.393 e. The summed E-state index contributed by atoms with van der Waals surface area (Å²) in [6.45, 7) is 2.59. The molecule has 0 saturated heterocycles. The first-order valence-corrected chi connectivity index (χ1v) is 6.05. The summed E-state index contributed by atoms with van der Waals surface area (Å²) in [5.74, 6) is -0.416. The monoisotopic (exact) mass is 250 g/mol. The normalized spacial score (nSPS) is 11.9. The number of hydrogen-bond donors (Lipinski definition) is 1. The third-order valence-corrected chi connectivity index (χ3v) is 3.06. The average molecular weight is 250 g/mol. The summed E-state index contributed by atoms with van der Waals surface area (Å²) < 4.78 is 0. The molecule has 0 fully saturated rings. The van der Waals surface area contributed by atoms with E-state index >= 15 is 0 Å². The van der Waals surface area contributed by atoms with Crippen LogP contribution in [0.25, 0.3) is 0 Å². The maximum absolute atomic E-state index is 12.1. The summed E-state index contributed by atoms with van der Waals surface area (Å²) in [6, 6.07) is 9.79. The molecule has 3 nitrogen and oxygen atoms in total. The van der Waals surface area contributed by atoms with E-state index < -0.39 is 5.92 Å². The molecule has 1 atom stereocenters. The molecule has 4 heteroatoms. The van der Waals surface area contributed by atoms with Gasteiger partial charge in [-0.15, -0.1) is 0 Å². The number of thiocarbonyl (C=S) groups is 1. The largest absolute Gasteiger partial charge is 0.393 e. The van der Waals surface area contributed by atoms with Crippen LogP contribution in [0.2, 0.25) is 0 Å². The van der Waals surface area contributed by atoms with Crippen LogP contribution >= 0.6 is 12.2 Å². The Kier molecular flexibility index (Phi) is 5.10. The average Bonchev–Trinajstić information content (AvgIpc) is 2.35. The summed E-state index contributed by atoms with van der Waals surface area (Å²) in [4.78, 5) is 14.0. The van der Waals surface area contributed by atoms with E-state index in [-0.39, 0.29) is 10.9 Å². The van der Waals surface area contributed by atoms with Gasteiger partial charge in [0.05, 0.1) is 10.9 Å². The van der Waals surface area contributed by atoms with Crippen LogP contribution in [0, 0.1) is 5.92 Å². The molecular weight excluding hydrogens is 232 g/mol. The highest BCUT2D eigenvalue weighted by atomic mass is 32.1. The summed E-state index contributed by atoms with van der Waals surface area (Å²) in [5, 5.41) is 0. The SMILES string of the molecule is CCN(C)C(=O)C(Cc1ccccc1)C(N)=S. The highest BCUT2D eigenvalue weighted by molar-refractivity contribution is 7.80. The van der Waals surface area contributed by atoms with E-state index in [0.29, 0.717) is 13.0 Å². The van der Waals surface area contributed by atoms with E-state index in [9.17, 15) is 4.79 Å². The minimum atomic E-state index is -0.405. The molecular formula is C13H18N2OS. The molecule has 0 bridgehead atoms. The van der Waals surface area contributed by atoms with Crippen molar-refractivity contribution in [2.24, 2.45) is 11.7 Å². The lowest BCUT2D eigenvalue weighted by molar-refractivity contribution is -0.131. The van der Waals surface area contributed by atoms with Crippen molar-refractivity contribution in [3.8, 4) is 0 Å². The van der Waals surface area contributed by atoms with Crippen LogP contribution in [-0.4, -0.2) is 29.4 Å². The molecule has 1 amide bonds. The van der Waals surface area contributed by atoms with Crippen molar-refractivity contribution in [2.45, 2.75) is 13.3 Å². The quantitative estimate of drug-likeness (QED) is 0.808. The molecule has 17 heavy (non-hydrogen) atoms. The van der Waals surface area contributed by atoms with Gasteiger partial charge in [-0.25, -0.2) is 0 Å². The van der Waals surface area contributed by atoms with E-state index in [0.717, 1.165) is 5.56 Å². The van der Waals surface area contributed by atoms with Gasteiger partial charge in [0.1, 0.15) is 0 Å². The van der Waals surface area contributed by atoms with Gasteiger partial charge in [0.15, 0.2) is 0 Å². The Morgan fingerprint density at radius 2 is 2.00 bits per heavy atom. The Hall–Kier alpha value is -1.42. The number of nitrogens with zero attached hydrogens (tertiary/aromatic N) is 1. The lowest BCUT2D eigenvalue weighted by atomic mass is 9.98. The number of carbonyl (C=O) groups excluding carboxylic acids is 1. The lowest BCUT2D eigenvalue weighted by Crippen LogP contribution is -2.40. The molecule has 1 aromatic rings. The summed E-state index contributed by atoms with van der Waals surface area (Å²) in [5.41, 5.74) is 6.73. The summed E-state index contributed by atoms with van der Waals surface area (Å²) in [6.07, 6.45) is 0.569. The fourth-order valence-corrected chi connectivity index (χ4v) is 1.77. The molecule has 92 valence electrons. The molecule has 0 aromatic heterocycles.